The third-order valence-electron chi connectivity index (χ3n) is 5.57. The number of rotatable bonds is 15. The van der Waals surface area contributed by atoms with Gasteiger partial charge in [0.15, 0.2) is 7.14 Å². The highest BCUT2D eigenvalue weighted by Gasteiger charge is 2.37. The summed E-state index contributed by atoms with van der Waals surface area (Å²) in [4.78, 5) is 25.7. The molecule has 180 valence electrons. The van der Waals surface area contributed by atoms with Crippen LogP contribution < -0.4 is 5.30 Å². The largest absolute Gasteiger partial charge is 0.466 e. The van der Waals surface area contributed by atoms with Gasteiger partial charge in [0.25, 0.3) is 0 Å². The van der Waals surface area contributed by atoms with E-state index >= 15 is 0 Å². The Balaban J connectivity index is 1.94. The van der Waals surface area contributed by atoms with Crippen molar-refractivity contribution in [3.8, 4) is 0 Å². The molecule has 4 nitrogen and oxygen atoms in total. The van der Waals surface area contributed by atoms with Crippen LogP contribution in [0.2, 0.25) is 10.0 Å². The fourth-order valence-electron chi connectivity index (χ4n) is 3.64. The van der Waals surface area contributed by atoms with Crippen LogP contribution in [0.4, 0.5) is 0 Å². The zero-order chi connectivity index (χ0) is 24.1. The van der Waals surface area contributed by atoms with E-state index in [4.69, 9.17) is 27.9 Å². The molecule has 2 aromatic carbocycles. The second-order valence-electron chi connectivity index (χ2n) is 8.15. The van der Waals surface area contributed by atoms with E-state index in [1.165, 1.54) is 44.2 Å². The van der Waals surface area contributed by atoms with Gasteiger partial charge in [-0.05, 0) is 18.6 Å². The molecule has 0 bridgehead atoms. The first-order chi connectivity index (χ1) is 15.9. The molecule has 0 aliphatic heterocycles. The van der Waals surface area contributed by atoms with Crippen molar-refractivity contribution in [2.45, 2.75) is 64.7 Å². The van der Waals surface area contributed by atoms with E-state index in [2.05, 4.69) is 6.92 Å². The molecule has 1 atom stereocenters. The van der Waals surface area contributed by atoms with E-state index in [0.29, 0.717) is 11.9 Å². The molecule has 0 fully saturated rings. The average molecular weight is 511 g/mol. The molecule has 7 heteroatoms. The van der Waals surface area contributed by atoms with Gasteiger partial charge in [-0.15, -0.1) is 0 Å². The third kappa shape index (κ3) is 8.59. The van der Waals surface area contributed by atoms with Gasteiger partial charge >= 0.3 is 5.97 Å². The van der Waals surface area contributed by atoms with E-state index < -0.39 is 18.6 Å². The maximum Gasteiger partial charge on any atom is 0.306 e. The van der Waals surface area contributed by atoms with E-state index in [1.807, 2.05) is 0 Å². The summed E-state index contributed by atoms with van der Waals surface area (Å²) in [7, 11) is -3.66. The molecule has 0 aliphatic carbocycles. The minimum absolute atomic E-state index is 0.0281. The number of benzene rings is 2. The Kier molecular flexibility index (Phi) is 12.2. The molecule has 0 spiro atoms. The number of hydrogen-bond donors (Lipinski definition) is 0. The summed E-state index contributed by atoms with van der Waals surface area (Å²) in [6.07, 6.45) is 9.00. The van der Waals surface area contributed by atoms with Crippen LogP contribution in [-0.2, 0) is 14.1 Å². The van der Waals surface area contributed by atoms with Crippen molar-refractivity contribution in [1.29, 1.82) is 0 Å². The average Bonchev–Trinajstić information content (AvgIpc) is 2.81. The summed E-state index contributed by atoms with van der Waals surface area (Å²) in [6, 6.07) is 13.2. The van der Waals surface area contributed by atoms with E-state index in [-0.39, 0.29) is 28.2 Å². The normalized spacial score (nSPS) is 12.8. The monoisotopic (exact) mass is 510 g/mol. The van der Waals surface area contributed by atoms with Gasteiger partial charge in [0, 0.05) is 11.5 Å². The number of unbranched alkanes of at least 4 members (excludes halogenated alkanes) is 7. The Morgan fingerprint density at radius 1 is 0.818 bits per heavy atom. The second kappa shape index (κ2) is 14.6. The minimum Gasteiger partial charge on any atom is -0.466 e. The Bertz CT molecular complexity index is 926. The van der Waals surface area contributed by atoms with Crippen molar-refractivity contribution in [1.82, 2.24) is 0 Å². The van der Waals surface area contributed by atoms with E-state index in [9.17, 15) is 14.2 Å². The van der Waals surface area contributed by atoms with Crippen molar-refractivity contribution in [3.05, 3.63) is 64.1 Å². The minimum atomic E-state index is -3.66. The first kappa shape index (κ1) is 27.6. The molecule has 0 N–H and O–H groups in total. The lowest BCUT2D eigenvalue weighted by Crippen LogP contribution is -2.19. The lowest BCUT2D eigenvalue weighted by Gasteiger charge is -2.18. The van der Waals surface area contributed by atoms with Crippen molar-refractivity contribution in [3.63, 3.8) is 0 Å². The summed E-state index contributed by atoms with van der Waals surface area (Å²) < 4.78 is 19.3. The molecule has 0 aromatic heterocycles. The maximum absolute atomic E-state index is 14.0. The van der Waals surface area contributed by atoms with Crippen molar-refractivity contribution in [2.75, 3.05) is 12.8 Å². The van der Waals surface area contributed by atoms with Crippen molar-refractivity contribution in [2.24, 2.45) is 0 Å². The molecule has 0 saturated heterocycles. The van der Waals surface area contributed by atoms with Gasteiger partial charge in [0.2, 0.25) is 5.52 Å². The lowest BCUT2D eigenvalue weighted by atomic mass is 10.1. The van der Waals surface area contributed by atoms with Crippen molar-refractivity contribution < 1.29 is 18.9 Å². The molecule has 2 rings (SSSR count). The Morgan fingerprint density at radius 2 is 1.39 bits per heavy atom. The smallest absolute Gasteiger partial charge is 0.306 e. The second-order valence-corrected chi connectivity index (χ2v) is 11.8. The summed E-state index contributed by atoms with van der Waals surface area (Å²) in [5.41, 5.74) is -0.611. The summed E-state index contributed by atoms with van der Waals surface area (Å²) in [5, 5.41) is 0.656. The molecule has 0 aliphatic rings. The maximum atomic E-state index is 14.0. The fraction of sp³-hybridized carbons (Fsp3) is 0.462. The van der Waals surface area contributed by atoms with Crippen LogP contribution in [0.1, 0.15) is 75.1 Å². The van der Waals surface area contributed by atoms with E-state index in [1.54, 1.807) is 36.4 Å². The topological polar surface area (TPSA) is 60.4 Å². The predicted molar refractivity (Wildman–Crippen MR) is 138 cm³/mol. The number of carbonyl (C=O) groups excluding carboxylic acids is 2. The van der Waals surface area contributed by atoms with Crippen LogP contribution in [0.15, 0.2) is 48.5 Å². The van der Waals surface area contributed by atoms with Crippen LogP contribution in [0.25, 0.3) is 0 Å². The van der Waals surface area contributed by atoms with Gasteiger partial charge in [-0.1, -0.05) is 111 Å². The Hall–Kier alpha value is -1.61. The highest BCUT2D eigenvalue weighted by atomic mass is 35.5. The number of carbonyl (C=O) groups is 2. The lowest BCUT2D eigenvalue weighted by molar-refractivity contribution is -0.143. The van der Waals surface area contributed by atoms with Crippen LogP contribution in [0.5, 0.6) is 0 Å². The number of halogens is 2. The molecule has 0 saturated carbocycles. The SMILES string of the molecule is CCCCCCCCCCOC(=O)CCP(=O)(C(=O)c1c(Cl)cccc1Cl)c1ccccc1. The number of esters is 1. The molecular formula is C26H33Cl2O4P. The zero-order valence-corrected chi connectivity index (χ0v) is 21.6. The summed E-state index contributed by atoms with van der Waals surface area (Å²) in [5.74, 6) is -0.452. The molecular weight excluding hydrogens is 478 g/mol. The molecule has 0 heterocycles. The first-order valence-corrected chi connectivity index (χ1v) is 14.3. The highest BCUT2D eigenvalue weighted by molar-refractivity contribution is 7.87. The predicted octanol–water partition coefficient (Wildman–Crippen LogP) is 7.90. The summed E-state index contributed by atoms with van der Waals surface area (Å²) in [6.45, 7) is 2.54. The fourth-order valence-corrected chi connectivity index (χ4v) is 6.79. The number of hydrogen-bond acceptors (Lipinski definition) is 4. The molecule has 2 aromatic rings. The van der Waals surface area contributed by atoms with Gasteiger partial charge in [-0.2, -0.15) is 0 Å². The van der Waals surface area contributed by atoms with Gasteiger partial charge in [-0.3, -0.25) is 9.59 Å². The van der Waals surface area contributed by atoms with Crippen LogP contribution >= 0.6 is 30.3 Å². The van der Waals surface area contributed by atoms with E-state index in [0.717, 1.165) is 19.3 Å². The summed E-state index contributed by atoms with van der Waals surface area (Å²) >= 11 is 12.4. The molecule has 0 radical (unpaired) electrons. The molecule has 0 amide bonds. The Labute approximate surface area is 207 Å². The first-order valence-electron chi connectivity index (χ1n) is 11.7. The molecule has 1 unspecified atom stereocenters. The van der Waals surface area contributed by atoms with Crippen LogP contribution in [0, 0.1) is 0 Å². The highest BCUT2D eigenvalue weighted by Crippen LogP contribution is 2.50. The van der Waals surface area contributed by atoms with Crippen LogP contribution in [-0.4, -0.2) is 24.3 Å². The number of ether oxygens (including phenoxy) is 1. The quantitative estimate of drug-likeness (QED) is 0.139. The van der Waals surface area contributed by atoms with Crippen molar-refractivity contribution >= 4 is 47.1 Å². The van der Waals surface area contributed by atoms with Gasteiger partial charge in [-0.25, -0.2) is 0 Å². The van der Waals surface area contributed by atoms with Crippen LogP contribution in [0.3, 0.4) is 0 Å². The van der Waals surface area contributed by atoms with Gasteiger partial charge < -0.3 is 9.30 Å². The Morgan fingerprint density at radius 3 is 2.00 bits per heavy atom. The van der Waals surface area contributed by atoms with Gasteiger partial charge in [0.1, 0.15) is 0 Å². The zero-order valence-electron chi connectivity index (χ0n) is 19.2. The molecule has 33 heavy (non-hydrogen) atoms. The third-order valence-corrected chi connectivity index (χ3v) is 9.07. The van der Waals surface area contributed by atoms with Gasteiger partial charge in [0.05, 0.1) is 28.6 Å². The standard InChI is InChI=1S/C26H33Cl2O4P/c1-2-3-4-5-6-7-8-12-19-32-24(29)18-20-33(31,21-14-10-9-11-15-21)26(30)25-22(27)16-13-17-23(25)28/h9-11,13-17H,2-8,12,18-20H2,1H3.